The summed E-state index contributed by atoms with van der Waals surface area (Å²) in [4.78, 5) is 42.7. The van der Waals surface area contributed by atoms with Gasteiger partial charge in [-0.15, -0.1) is 11.3 Å². The average molecular weight is 1360 g/mol. The molecule has 0 fully saturated rings. The molecule has 3 aromatic heterocycles. The molecule has 12 aromatic rings. The Hall–Kier alpha value is -12.0. The Morgan fingerprint density at radius 2 is 0.784 bits per heavy atom. The molecule has 0 saturated carbocycles. The second-order valence-electron chi connectivity index (χ2n) is 26.8. The van der Waals surface area contributed by atoms with E-state index in [9.17, 15) is 10.5 Å². The highest BCUT2D eigenvalue weighted by atomic mass is 32.1. The van der Waals surface area contributed by atoms with E-state index in [0.29, 0.717) is 43.0 Å². The zero-order chi connectivity index (χ0) is 71.1. The van der Waals surface area contributed by atoms with E-state index in [4.69, 9.17) is 42.1 Å². The molecule has 15 heteroatoms. The molecular weight excluding hydrogens is 1290 g/mol. The summed E-state index contributed by atoms with van der Waals surface area (Å²) in [6.45, 7) is 28.3. The summed E-state index contributed by atoms with van der Waals surface area (Å²) in [7, 11) is 0. The summed E-state index contributed by atoms with van der Waals surface area (Å²) in [5, 5.41) is 21.1. The van der Waals surface area contributed by atoms with Gasteiger partial charge in [-0.3, -0.25) is 19.6 Å². The molecule has 0 unspecified atom stereocenters. The normalized spacial score (nSPS) is 15.0. The van der Waals surface area contributed by atoms with Gasteiger partial charge in [0.2, 0.25) is 0 Å². The van der Waals surface area contributed by atoms with Crippen molar-refractivity contribution in [2.45, 2.75) is 96.6 Å². The van der Waals surface area contributed by atoms with Gasteiger partial charge in [0, 0.05) is 23.2 Å². The van der Waals surface area contributed by atoms with Crippen molar-refractivity contribution >= 4 is 126 Å². The van der Waals surface area contributed by atoms with E-state index in [1.807, 2.05) is 102 Å². The van der Waals surface area contributed by atoms with Crippen LogP contribution in [0.15, 0.2) is 215 Å². The zero-order valence-electron chi connectivity index (χ0n) is 59.3. The molecule has 0 spiro atoms. The number of aromatic nitrogens is 5. The smallest absolute Gasteiger partial charge is 0.183 e. The number of hydrogen-bond donors (Lipinski definition) is 0. The second kappa shape index (κ2) is 26.3. The van der Waals surface area contributed by atoms with Gasteiger partial charge >= 0.3 is 0 Å². The lowest BCUT2D eigenvalue weighted by Crippen LogP contribution is -2.30. The number of nitriles is 2. The van der Waals surface area contributed by atoms with E-state index in [1.165, 1.54) is 22.5 Å². The van der Waals surface area contributed by atoms with Crippen molar-refractivity contribution in [1.29, 1.82) is 10.5 Å². The Bertz CT molecular complexity index is 5820. The average Bonchev–Trinajstić information content (AvgIpc) is 1.57. The third kappa shape index (κ3) is 11.5. The van der Waals surface area contributed by atoms with Crippen molar-refractivity contribution in [2.24, 2.45) is 9.98 Å². The van der Waals surface area contributed by atoms with E-state index in [-0.39, 0.29) is 5.57 Å². The third-order valence-electron chi connectivity index (χ3n) is 19.2. The van der Waals surface area contributed by atoms with Gasteiger partial charge in [-0.1, -0.05) is 138 Å². The van der Waals surface area contributed by atoms with Crippen molar-refractivity contribution in [3.63, 3.8) is 0 Å². The highest BCUT2D eigenvalue weighted by molar-refractivity contribution is 7.73. The van der Waals surface area contributed by atoms with Crippen LogP contribution >= 0.6 is 23.6 Å². The largest absolute Gasteiger partial charge is 0.322 e. The number of para-hydroxylation sites is 4. The minimum atomic E-state index is -0.00107. The number of aliphatic imine (C=N–C) groups is 2. The Labute approximate surface area is 603 Å². The molecule has 498 valence electrons. The first-order valence-corrected chi connectivity index (χ1v) is 35.4. The van der Waals surface area contributed by atoms with E-state index < -0.39 is 0 Å². The number of rotatable bonds is 10. The summed E-state index contributed by atoms with van der Waals surface area (Å²) in [6.07, 6.45) is 8.46. The van der Waals surface area contributed by atoms with Gasteiger partial charge in [-0.05, 0) is 237 Å². The zero-order valence-corrected chi connectivity index (χ0v) is 60.9. The van der Waals surface area contributed by atoms with Gasteiger partial charge in [-0.25, -0.2) is 29.9 Å². The SMILES string of the molecule is CCn1c(=S)s/c(=C\C=C2\N(c3c(C)cc(C)cc3C)c3nc4ccc(-c5ccc6c(c5)C(=Nc5ccccc5)/C(=C\C=C5N(c7c(C)cc(C)cc7C)c7nc8ccccc8nc7N5c5c(C)cc(C)cc5C)C6=Nc5ccccc5)cc4nc3N2c2c(C)cc(C)cc2C)c1=C(C#N)C#N. The number of benzene rings is 9. The van der Waals surface area contributed by atoms with Gasteiger partial charge in [0.1, 0.15) is 23.8 Å². The molecule has 0 bridgehead atoms. The monoisotopic (exact) mass is 1360 g/mol. The van der Waals surface area contributed by atoms with Crippen LogP contribution in [0.4, 0.5) is 57.4 Å². The van der Waals surface area contributed by atoms with Crippen LogP contribution in [0, 0.1) is 110 Å². The molecule has 0 amide bonds. The van der Waals surface area contributed by atoms with Crippen LogP contribution in [0.25, 0.3) is 44.8 Å². The van der Waals surface area contributed by atoms with Crippen molar-refractivity contribution in [3.8, 4) is 23.3 Å². The third-order valence-corrected chi connectivity index (χ3v) is 20.6. The molecule has 102 heavy (non-hydrogen) atoms. The maximum absolute atomic E-state index is 10.3. The molecule has 0 saturated heterocycles. The Morgan fingerprint density at radius 3 is 1.20 bits per heavy atom. The predicted octanol–water partition coefficient (Wildman–Crippen LogP) is 20.4. The minimum Gasteiger partial charge on any atom is -0.322 e. The van der Waals surface area contributed by atoms with Crippen LogP contribution in [0.1, 0.15) is 84.8 Å². The van der Waals surface area contributed by atoms with E-state index >= 15 is 0 Å². The maximum Gasteiger partial charge on any atom is 0.183 e. The molecule has 5 heterocycles. The standard InChI is InChI=1S/C87H73N13S2/c1-14-96-82(63(47-88)48-89)73(102-87(96)101)34-36-75-99(80-57(10)41-51(4)42-58(80)11)85-86(100(75)81-59(12)43-52(5)44-60(81)13)95-72-46-62(30-33-71(72)94-85)61-29-31-66-68(45-61)77(91-65-25-19-16-20-26-65)67(76(66)90-64-23-17-15-18-24-64)32-35-74-97(78-53(6)37-49(2)38-54(78)7)83-84(93-70-28-22-21-27-69(70)92-83)98(74)79-55(8)39-50(3)40-56(79)9/h15-46H,14H2,1-13H3/b67-32-,73-34-,75-36-,90-76?,91-77?. The fourth-order valence-electron chi connectivity index (χ4n) is 15.4. The first-order chi connectivity index (χ1) is 49.3. The van der Waals surface area contributed by atoms with Gasteiger partial charge in [0.05, 0.1) is 77.5 Å². The summed E-state index contributed by atoms with van der Waals surface area (Å²) in [5.41, 5.74) is 28.1. The lowest BCUT2D eigenvalue weighted by molar-refractivity contribution is 0.736. The van der Waals surface area contributed by atoms with Gasteiger partial charge in [0.15, 0.2) is 32.8 Å². The van der Waals surface area contributed by atoms with E-state index in [0.717, 1.165) is 163 Å². The molecule has 3 aliphatic rings. The molecule has 0 atom stereocenters. The topological polar surface area (TPSA) is 142 Å². The quantitative estimate of drug-likeness (QED) is 0.121. The summed E-state index contributed by atoms with van der Waals surface area (Å²) in [6, 6.07) is 63.5. The van der Waals surface area contributed by atoms with E-state index in [2.05, 4.69) is 218 Å². The van der Waals surface area contributed by atoms with Crippen LogP contribution in [0.2, 0.25) is 0 Å². The molecule has 9 aromatic carbocycles. The molecule has 0 radical (unpaired) electrons. The maximum atomic E-state index is 10.3. The van der Waals surface area contributed by atoms with Crippen LogP contribution in [-0.2, 0) is 6.54 Å². The predicted molar refractivity (Wildman–Crippen MR) is 422 cm³/mol. The van der Waals surface area contributed by atoms with Crippen molar-refractivity contribution in [1.82, 2.24) is 24.5 Å². The molecular formula is C87H73N13S2. The summed E-state index contributed by atoms with van der Waals surface area (Å²) >= 11 is 7.28. The molecule has 15 rings (SSSR count). The van der Waals surface area contributed by atoms with Crippen LogP contribution < -0.4 is 29.5 Å². The molecule has 0 N–H and O–H groups in total. The Kier molecular flexibility index (Phi) is 17.0. The number of anilines is 8. The highest BCUT2D eigenvalue weighted by Crippen LogP contribution is 2.54. The van der Waals surface area contributed by atoms with Crippen LogP contribution in [-0.4, -0.2) is 35.9 Å². The van der Waals surface area contributed by atoms with Crippen molar-refractivity contribution in [3.05, 3.63) is 297 Å². The molecule has 13 nitrogen and oxygen atoms in total. The van der Waals surface area contributed by atoms with Gasteiger partial charge in [-0.2, -0.15) is 10.5 Å². The fraction of sp³-hybridized carbons (Fsp3) is 0.161. The highest BCUT2D eigenvalue weighted by Gasteiger charge is 2.42. The number of hydrogen-bond acceptors (Lipinski definition) is 14. The summed E-state index contributed by atoms with van der Waals surface area (Å²) in [5.74, 6) is 4.40. The summed E-state index contributed by atoms with van der Waals surface area (Å²) < 4.78 is 3.14. The minimum absolute atomic E-state index is 0.00107. The molecule has 1 aliphatic carbocycles. The first kappa shape index (κ1) is 65.9. The first-order valence-electron chi connectivity index (χ1n) is 34.2. The number of aryl methyl sites for hydroxylation is 12. The van der Waals surface area contributed by atoms with Crippen molar-refractivity contribution < 1.29 is 0 Å². The van der Waals surface area contributed by atoms with Gasteiger partial charge in [0.25, 0.3) is 0 Å². The van der Waals surface area contributed by atoms with E-state index in [1.54, 1.807) is 0 Å². The Morgan fingerprint density at radius 1 is 0.422 bits per heavy atom. The number of nitrogens with zero attached hydrogens (tertiary/aromatic N) is 13. The van der Waals surface area contributed by atoms with Crippen LogP contribution in [0.5, 0.6) is 0 Å². The number of thiazole rings is 1. The lowest BCUT2D eigenvalue weighted by atomic mass is 9.99. The second-order valence-corrected chi connectivity index (χ2v) is 28.5. The number of fused-ring (bicyclic) bond motifs is 5. The Balaban J connectivity index is 0.951. The molecule has 2 aliphatic heterocycles. The number of allylic oxidation sites excluding steroid dienone is 4. The van der Waals surface area contributed by atoms with Crippen LogP contribution in [0.3, 0.4) is 0 Å². The van der Waals surface area contributed by atoms with Crippen molar-refractivity contribution in [2.75, 3.05) is 19.6 Å². The fourth-order valence-corrected chi connectivity index (χ4v) is 16.9. The lowest BCUT2D eigenvalue weighted by Gasteiger charge is -2.29. The van der Waals surface area contributed by atoms with Gasteiger partial charge < -0.3 is 4.57 Å².